The monoisotopic (exact) mass is 624 g/mol. The molecule has 1 fully saturated rings. The average Bonchev–Trinajstić information content (AvgIpc) is 3.29. The van der Waals surface area contributed by atoms with Crippen LogP contribution in [-0.4, -0.2) is 75.6 Å². The number of aryl methyl sites for hydroxylation is 1. The van der Waals surface area contributed by atoms with Gasteiger partial charge in [0.15, 0.2) is 30.4 Å². The molecule has 3 aromatic rings. The molecule has 1 aliphatic rings. The molecule has 1 aromatic heterocycles. The van der Waals surface area contributed by atoms with Gasteiger partial charge < -0.3 is 23.7 Å². The van der Waals surface area contributed by atoms with Crippen LogP contribution in [-0.2, 0) is 42.9 Å². The molecule has 0 aliphatic carbocycles. The van der Waals surface area contributed by atoms with Gasteiger partial charge in [0.2, 0.25) is 4.77 Å². The molecule has 4 rings (SSSR count). The lowest BCUT2D eigenvalue weighted by Gasteiger charge is -2.44. The summed E-state index contributed by atoms with van der Waals surface area (Å²) in [7, 11) is 0. The fourth-order valence-corrected chi connectivity index (χ4v) is 4.87. The minimum absolute atomic E-state index is 0.0353. The van der Waals surface area contributed by atoms with E-state index in [4.69, 9.17) is 41.0 Å². The standard InChI is InChI=1S/C30H32N4O9S/c1-17-11-13-22(14-12-17)15-31-33-28(23-9-7-6-8-10-23)32-34(30(33)44)29-27(42-21(5)38)26(41-20(4)37)25(40-19(3)36)24(43-29)16-39-18(2)35/h6-15,24-27,29H,16H2,1-5H3/b31-15+/t24-,25-,26+,27-,29-/m1/s1. The third kappa shape index (κ3) is 7.82. The van der Waals surface area contributed by atoms with Crippen LogP contribution in [0.25, 0.3) is 11.4 Å². The number of aromatic nitrogens is 3. The SMILES string of the molecule is CC(=O)OC[C@H]1O[C@@H](n2nc(-c3ccccc3)n(/N=C/c3ccc(C)cc3)c2=S)[C@H](OC(C)=O)[C@@H](OC(C)=O)[C@@H]1OC(C)=O. The predicted octanol–water partition coefficient (Wildman–Crippen LogP) is 3.53. The van der Waals surface area contributed by atoms with Crippen LogP contribution in [0.5, 0.6) is 0 Å². The zero-order valence-corrected chi connectivity index (χ0v) is 25.6. The van der Waals surface area contributed by atoms with Crippen molar-refractivity contribution in [2.24, 2.45) is 5.10 Å². The molecule has 1 aliphatic heterocycles. The Morgan fingerprint density at radius 2 is 1.45 bits per heavy atom. The fraction of sp³-hybridized carbons (Fsp3) is 0.367. The highest BCUT2D eigenvalue weighted by atomic mass is 32.1. The van der Waals surface area contributed by atoms with Gasteiger partial charge in [0.25, 0.3) is 0 Å². The second-order valence-corrected chi connectivity index (χ2v) is 10.3. The Balaban J connectivity index is 1.89. The highest BCUT2D eigenvalue weighted by Gasteiger charge is 2.53. The van der Waals surface area contributed by atoms with E-state index in [1.54, 1.807) is 6.21 Å². The maximum atomic E-state index is 12.3. The molecule has 0 saturated carbocycles. The third-order valence-corrected chi connectivity index (χ3v) is 6.78. The highest BCUT2D eigenvalue weighted by Crippen LogP contribution is 2.35. The van der Waals surface area contributed by atoms with Crippen molar-refractivity contribution in [1.82, 2.24) is 14.5 Å². The second kappa shape index (κ2) is 14.2. The van der Waals surface area contributed by atoms with E-state index in [9.17, 15) is 19.2 Å². The molecule has 1 saturated heterocycles. The number of benzene rings is 2. The summed E-state index contributed by atoms with van der Waals surface area (Å²) in [4.78, 5) is 48.4. The molecule has 0 bridgehead atoms. The first-order valence-corrected chi connectivity index (χ1v) is 14.0. The predicted molar refractivity (Wildman–Crippen MR) is 158 cm³/mol. The van der Waals surface area contributed by atoms with Gasteiger partial charge in [-0.3, -0.25) is 19.2 Å². The smallest absolute Gasteiger partial charge is 0.303 e. The molecular formula is C30H32N4O9S. The van der Waals surface area contributed by atoms with Gasteiger partial charge in [-0.05, 0) is 24.7 Å². The normalized spacial score (nSPS) is 21.4. The van der Waals surface area contributed by atoms with Gasteiger partial charge in [-0.25, -0.2) is 4.68 Å². The van der Waals surface area contributed by atoms with Crippen LogP contribution >= 0.6 is 12.2 Å². The van der Waals surface area contributed by atoms with E-state index < -0.39 is 54.5 Å². The molecule has 0 amide bonds. The Morgan fingerprint density at radius 3 is 2.05 bits per heavy atom. The molecule has 44 heavy (non-hydrogen) atoms. The van der Waals surface area contributed by atoms with Crippen molar-refractivity contribution in [3.63, 3.8) is 0 Å². The molecular weight excluding hydrogens is 592 g/mol. The van der Waals surface area contributed by atoms with Gasteiger partial charge in [0.1, 0.15) is 12.7 Å². The number of esters is 4. The molecule has 0 spiro atoms. The molecule has 5 atom stereocenters. The first-order valence-electron chi connectivity index (χ1n) is 13.6. The van der Waals surface area contributed by atoms with Crippen molar-refractivity contribution < 1.29 is 42.9 Å². The number of carbonyl (C=O) groups excluding carboxylic acids is 4. The summed E-state index contributed by atoms with van der Waals surface area (Å²) in [6, 6.07) is 16.8. The first kappa shape index (κ1) is 32.2. The fourth-order valence-electron chi connectivity index (χ4n) is 4.59. The van der Waals surface area contributed by atoms with Crippen molar-refractivity contribution >= 4 is 42.3 Å². The maximum Gasteiger partial charge on any atom is 0.303 e. The lowest BCUT2D eigenvalue weighted by atomic mass is 9.97. The summed E-state index contributed by atoms with van der Waals surface area (Å²) in [5.74, 6) is -2.53. The van der Waals surface area contributed by atoms with E-state index in [2.05, 4.69) is 5.10 Å². The summed E-state index contributed by atoms with van der Waals surface area (Å²) in [6.45, 7) is 6.24. The molecule has 2 aromatic carbocycles. The number of nitrogens with zero attached hydrogens (tertiary/aromatic N) is 4. The maximum absolute atomic E-state index is 12.3. The summed E-state index contributed by atoms with van der Waals surface area (Å²) in [5, 5.41) is 9.31. The first-order chi connectivity index (χ1) is 20.9. The Bertz CT molecular complexity index is 1600. The Labute approximate surface area is 258 Å². The second-order valence-electron chi connectivity index (χ2n) is 9.97. The van der Waals surface area contributed by atoms with E-state index in [0.717, 1.165) is 31.9 Å². The summed E-state index contributed by atoms with van der Waals surface area (Å²) in [5.41, 5.74) is 2.54. The van der Waals surface area contributed by atoms with Gasteiger partial charge in [0.05, 0.1) is 6.21 Å². The van der Waals surface area contributed by atoms with Gasteiger partial charge in [-0.15, -0.1) is 5.10 Å². The summed E-state index contributed by atoms with van der Waals surface area (Å²) in [6.07, 6.45) is -4.99. The highest BCUT2D eigenvalue weighted by molar-refractivity contribution is 7.71. The number of hydrogen-bond donors (Lipinski definition) is 0. The van der Waals surface area contributed by atoms with Crippen LogP contribution in [0, 0.1) is 11.7 Å². The molecule has 0 N–H and O–H groups in total. The van der Waals surface area contributed by atoms with Crippen LogP contribution in [0.15, 0.2) is 59.7 Å². The van der Waals surface area contributed by atoms with Gasteiger partial charge >= 0.3 is 23.9 Å². The minimum atomic E-state index is -1.39. The molecule has 232 valence electrons. The quantitative estimate of drug-likeness (QED) is 0.149. The lowest BCUT2D eigenvalue weighted by Crippen LogP contribution is -2.60. The number of carbonyl (C=O) groups is 4. The van der Waals surface area contributed by atoms with Crippen LogP contribution in [0.3, 0.4) is 0 Å². The zero-order chi connectivity index (χ0) is 32.0. The van der Waals surface area contributed by atoms with Crippen LogP contribution in [0.2, 0.25) is 0 Å². The molecule has 0 radical (unpaired) electrons. The lowest BCUT2D eigenvalue weighted by molar-refractivity contribution is -0.270. The van der Waals surface area contributed by atoms with E-state index in [0.29, 0.717) is 11.4 Å². The van der Waals surface area contributed by atoms with Gasteiger partial charge in [0, 0.05) is 33.3 Å². The molecule has 13 nitrogen and oxygen atoms in total. The van der Waals surface area contributed by atoms with E-state index in [1.165, 1.54) is 16.3 Å². The van der Waals surface area contributed by atoms with Gasteiger partial charge in [-0.2, -0.15) is 9.78 Å². The largest absolute Gasteiger partial charge is 0.463 e. The summed E-state index contributed by atoms with van der Waals surface area (Å²) >= 11 is 5.82. The number of rotatable bonds is 9. The van der Waals surface area contributed by atoms with Crippen LogP contribution in [0.4, 0.5) is 0 Å². The average molecular weight is 625 g/mol. The topological polar surface area (TPSA) is 150 Å². The summed E-state index contributed by atoms with van der Waals surface area (Å²) < 4.78 is 30.8. The number of hydrogen-bond acceptors (Lipinski definition) is 12. The molecule has 0 unspecified atom stereocenters. The Hall–Kier alpha value is -4.69. The molecule has 14 heteroatoms. The zero-order valence-electron chi connectivity index (χ0n) is 24.7. The molecule has 2 heterocycles. The van der Waals surface area contributed by atoms with Crippen molar-refractivity contribution in [3.8, 4) is 11.4 Å². The van der Waals surface area contributed by atoms with Crippen LogP contribution in [0.1, 0.15) is 45.0 Å². The van der Waals surface area contributed by atoms with Crippen LogP contribution < -0.4 is 0 Å². The number of ether oxygens (including phenoxy) is 5. The van der Waals surface area contributed by atoms with E-state index in [-0.39, 0.29) is 11.4 Å². The van der Waals surface area contributed by atoms with Crippen molar-refractivity contribution in [3.05, 3.63) is 70.5 Å². The Morgan fingerprint density at radius 1 is 0.864 bits per heavy atom. The Kier molecular flexibility index (Phi) is 10.4. The van der Waals surface area contributed by atoms with Gasteiger partial charge in [-0.1, -0.05) is 60.2 Å². The van der Waals surface area contributed by atoms with Crippen molar-refractivity contribution in [2.45, 2.75) is 65.3 Å². The third-order valence-electron chi connectivity index (χ3n) is 6.42. The van der Waals surface area contributed by atoms with Crippen molar-refractivity contribution in [2.75, 3.05) is 6.61 Å². The van der Waals surface area contributed by atoms with E-state index in [1.807, 2.05) is 61.5 Å². The van der Waals surface area contributed by atoms with E-state index >= 15 is 0 Å². The van der Waals surface area contributed by atoms with Crippen molar-refractivity contribution in [1.29, 1.82) is 0 Å². The minimum Gasteiger partial charge on any atom is -0.463 e.